The smallest absolute Gasteiger partial charge is 0.269 e. The predicted octanol–water partition coefficient (Wildman–Crippen LogP) is 3.60. The number of nitro benzene ring substituents is 1. The second-order valence-electron chi connectivity index (χ2n) is 5.36. The molecule has 0 fully saturated rings. The van der Waals surface area contributed by atoms with E-state index >= 15 is 0 Å². The molecule has 2 aromatic rings. The van der Waals surface area contributed by atoms with E-state index in [4.69, 9.17) is 0 Å². The highest BCUT2D eigenvalue weighted by Gasteiger charge is 2.13. The predicted molar refractivity (Wildman–Crippen MR) is 82.5 cm³/mol. The quantitative estimate of drug-likeness (QED) is 0.674. The highest BCUT2D eigenvalue weighted by Crippen LogP contribution is 2.23. The van der Waals surface area contributed by atoms with E-state index < -0.39 is 0 Å². The molecule has 0 aliphatic heterocycles. The normalized spacial score (nSPS) is 10.9. The topological polar surface area (TPSA) is 73.0 Å². The van der Waals surface area contributed by atoms with Crippen molar-refractivity contribution in [2.45, 2.75) is 40.3 Å². The summed E-state index contributed by atoms with van der Waals surface area (Å²) in [5.41, 5.74) is 4.00. The van der Waals surface area contributed by atoms with Crippen LogP contribution in [-0.2, 0) is 6.54 Å². The summed E-state index contributed by atoms with van der Waals surface area (Å²) in [4.78, 5) is 10.4. The molecule has 0 atom stereocenters. The Morgan fingerprint density at radius 2 is 2.10 bits per heavy atom. The summed E-state index contributed by atoms with van der Waals surface area (Å²) in [5.74, 6) is 0. The molecule has 0 spiro atoms. The molecule has 0 saturated carbocycles. The molecule has 112 valence electrons. The van der Waals surface area contributed by atoms with Gasteiger partial charge < -0.3 is 5.32 Å². The van der Waals surface area contributed by atoms with Gasteiger partial charge in [-0.1, -0.05) is 12.1 Å². The molecule has 0 saturated heterocycles. The lowest BCUT2D eigenvalue weighted by atomic mass is 10.2. The molecule has 0 aliphatic rings. The van der Waals surface area contributed by atoms with Gasteiger partial charge in [-0.15, -0.1) is 0 Å². The third kappa shape index (κ3) is 3.21. The summed E-state index contributed by atoms with van der Waals surface area (Å²) in [6.07, 6.45) is 0. The molecular weight excluding hydrogens is 268 g/mol. The maximum Gasteiger partial charge on any atom is 0.269 e. The Hall–Kier alpha value is -2.37. The van der Waals surface area contributed by atoms with Gasteiger partial charge in [0, 0.05) is 24.7 Å². The first-order chi connectivity index (χ1) is 9.90. The van der Waals surface area contributed by atoms with Crippen molar-refractivity contribution in [3.63, 3.8) is 0 Å². The van der Waals surface area contributed by atoms with E-state index in [0.717, 1.165) is 22.6 Å². The number of anilines is 1. The first-order valence-corrected chi connectivity index (χ1v) is 6.93. The molecule has 6 nitrogen and oxygen atoms in total. The molecule has 1 heterocycles. The maximum atomic E-state index is 10.8. The van der Waals surface area contributed by atoms with Crippen molar-refractivity contribution < 1.29 is 4.92 Å². The number of hydrogen-bond donors (Lipinski definition) is 1. The summed E-state index contributed by atoms with van der Waals surface area (Å²) in [5, 5.41) is 18.6. The van der Waals surface area contributed by atoms with Crippen LogP contribution in [0.4, 0.5) is 11.4 Å². The van der Waals surface area contributed by atoms with E-state index in [9.17, 15) is 10.1 Å². The Kier molecular flexibility index (Phi) is 4.26. The molecule has 6 heteroatoms. The first-order valence-electron chi connectivity index (χ1n) is 6.93. The number of nitro groups is 1. The lowest BCUT2D eigenvalue weighted by Gasteiger charge is -2.10. The first kappa shape index (κ1) is 15.0. The summed E-state index contributed by atoms with van der Waals surface area (Å²) in [6, 6.07) is 6.96. The molecule has 0 aliphatic carbocycles. The number of non-ortho nitro benzene ring substituents is 1. The Balaban J connectivity index is 2.17. The van der Waals surface area contributed by atoms with Crippen LogP contribution in [-0.4, -0.2) is 14.7 Å². The number of rotatable bonds is 5. The third-order valence-corrected chi connectivity index (χ3v) is 3.40. The van der Waals surface area contributed by atoms with Crippen molar-refractivity contribution in [2.75, 3.05) is 5.32 Å². The van der Waals surface area contributed by atoms with Crippen molar-refractivity contribution in [3.05, 3.63) is 51.3 Å². The van der Waals surface area contributed by atoms with Crippen molar-refractivity contribution in [1.82, 2.24) is 9.78 Å². The van der Waals surface area contributed by atoms with Crippen LogP contribution in [0.2, 0.25) is 0 Å². The fourth-order valence-electron chi connectivity index (χ4n) is 2.39. The van der Waals surface area contributed by atoms with E-state index in [1.54, 1.807) is 12.1 Å². The lowest BCUT2D eigenvalue weighted by molar-refractivity contribution is -0.384. The fourth-order valence-corrected chi connectivity index (χ4v) is 2.39. The second kappa shape index (κ2) is 5.95. The average Bonchev–Trinajstić information content (AvgIpc) is 2.72. The molecule has 1 N–H and O–H groups in total. The monoisotopic (exact) mass is 288 g/mol. The van der Waals surface area contributed by atoms with E-state index in [1.807, 2.05) is 24.6 Å². The second-order valence-corrected chi connectivity index (χ2v) is 5.36. The maximum absolute atomic E-state index is 10.8. The van der Waals surface area contributed by atoms with Gasteiger partial charge in [-0.2, -0.15) is 5.10 Å². The van der Waals surface area contributed by atoms with Crippen LogP contribution in [0.3, 0.4) is 0 Å². The van der Waals surface area contributed by atoms with Gasteiger partial charge in [-0.05, 0) is 33.3 Å². The molecule has 21 heavy (non-hydrogen) atoms. The van der Waals surface area contributed by atoms with Gasteiger partial charge in [0.1, 0.15) is 0 Å². The standard InChI is InChI=1S/C15H20N4O2/c1-10(2)18-12(4)15(11(3)17-18)16-9-13-6-5-7-14(8-13)19(20)21/h5-8,10,16H,9H2,1-4H3. The summed E-state index contributed by atoms with van der Waals surface area (Å²) < 4.78 is 1.98. The minimum absolute atomic E-state index is 0.112. The van der Waals surface area contributed by atoms with E-state index in [2.05, 4.69) is 24.3 Å². The molecule has 1 aromatic carbocycles. The SMILES string of the molecule is Cc1nn(C(C)C)c(C)c1NCc1cccc([N+](=O)[O-])c1. The van der Waals surface area contributed by atoms with Gasteiger partial charge in [-0.25, -0.2) is 0 Å². The van der Waals surface area contributed by atoms with Gasteiger partial charge in [-0.3, -0.25) is 14.8 Å². The van der Waals surface area contributed by atoms with Crippen molar-refractivity contribution in [2.24, 2.45) is 0 Å². The Labute approximate surface area is 123 Å². The summed E-state index contributed by atoms with van der Waals surface area (Å²) in [7, 11) is 0. The number of aryl methyl sites for hydroxylation is 1. The molecule has 0 bridgehead atoms. The fraction of sp³-hybridized carbons (Fsp3) is 0.400. The number of aromatic nitrogens is 2. The third-order valence-electron chi connectivity index (χ3n) is 3.40. The van der Waals surface area contributed by atoms with Gasteiger partial charge in [0.05, 0.1) is 22.0 Å². The van der Waals surface area contributed by atoms with Crippen molar-refractivity contribution in [3.8, 4) is 0 Å². The van der Waals surface area contributed by atoms with Crippen LogP contribution < -0.4 is 5.32 Å². The van der Waals surface area contributed by atoms with Crippen LogP contribution in [0.15, 0.2) is 24.3 Å². The zero-order chi connectivity index (χ0) is 15.6. The zero-order valence-corrected chi connectivity index (χ0v) is 12.8. The molecular formula is C15H20N4O2. The highest BCUT2D eigenvalue weighted by molar-refractivity contribution is 5.52. The van der Waals surface area contributed by atoms with Gasteiger partial charge >= 0.3 is 0 Å². The Morgan fingerprint density at radius 1 is 1.38 bits per heavy atom. The van der Waals surface area contributed by atoms with Crippen LogP contribution in [0.25, 0.3) is 0 Å². The number of nitrogens with one attached hydrogen (secondary N) is 1. The van der Waals surface area contributed by atoms with Crippen molar-refractivity contribution in [1.29, 1.82) is 0 Å². The Morgan fingerprint density at radius 3 is 2.67 bits per heavy atom. The van der Waals surface area contributed by atoms with Gasteiger partial charge in [0.2, 0.25) is 0 Å². The number of hydrogen-bond acceptors (Lipinski definition) is 4. The molecule has 0 amide bonds. The molecule has 0 unspecified atom stereocenters. The van der Waals surface area contributed by atoms with Gasteiger partial charge in [0.15, 0.2) is 0 Å². The minimum atomic E-state index is -0.378. The van der Waals surface area contributed by atoms with E-state index in [-0.39, 0.29) is 10.6 Å². The van der Waals surface area contributed by atoms with E-state index in [0.29, 0.717) is 12.6 Å². The molecule has 2 rings (SSSR count). The zero-order valence-electron chi connectivity index (χ0n) is 12.8. The summed E-state index contributed by atoms with van der Waals surface area (Å²) >= 11 is 0. The summed E-state index contributed by atoms with van der Waals surface area (Å²) in [6.45, 7) is 8.69. The van der Waals surface area contributed by atoms with Crippen LogP contribution >= 0.6 is 0 Å². The lowest BCUT2D eigenvalue weighted by Crippen LogP contribution is -2.06. The Bertz CT molecular complexity index is 662. The van der Waals surface area contributed by atoms with E-state index in [1.165, 1.54) is 6.07 Å². The highest BCUT2D eigenvalue weighted by atomic mass is 16.6. The largest absolute Gasteiger partial charge is 0.378 e. The van der Waals surface area contributed by atoms with Crippen LogP contribution in [0, 0.1) is 24.0 Å². The number of nitrogens with zero attached hydrogens (tertiary/aromatic N) is 3. The van der Waals surface area contributed by atoms with Crippen molar-refractivity contribution >= 4 is 11.4 Å². The van der Waals surface area contributed by atoms with Gasteiger partial charge in [0.25, 0.3) is 5.69 Å². The van der Waals surface area contributed by atoms with Crippen LogP contribution in [0.5, 0.6) is 0 Å². The average molecular weight is 288 g/mol. The number of benzene rings is 1. The molecule has 1 aromatic heterocycles. The molecule has 0 radical (unpaired) electrons. The van der Waals surface area contributed by atoms with Crippen LogP contribution in [0.1, 0.15) is 36.8 Å². The minimum Gasteiger partial charge on any atom is -0.378 e.